The summed E-state index contributed by atoms with van der Waals surface area (Å²) >= 11 is 0. The lowest BCUT2D eigenvalue weighted by Gasteiger charge is -2.10. The minimum Gasteiger partial charge on any atom is -0.309 e. The average Bonchev–Trinajstić information content (AvgIpc) is 3.76. The SMILES string of the molecule is c1ccc(-n2c3ccccc3c3cc(-c4ccc5c6cc(-c7ccc(-c8cccc9ccccc89)cc7)ccc6n(-c6ccccc6)c5c4)ccc32)cc1. The molecule has 0 bridgehead atoms. The Hall–Kier alpha value is -7.16. The second-order valence-electron chi connectivity index (χ2n) is 14.2. The van der Waals surface area contributed by atoms with Crippen molar-refractivity contribution >= 4 is 54.4 Å². The molecule has 0 saturated carbocycles. The van der Waals surface area contributed by atoms with Gasteiger partial charge in [0.1, 0.15) is 0 Å². The van der Waals surface area contributed by atoms with Crippen LogP contribution in [0.5, 0.6) is 0 Å². The van der Waals surface area contributed by atoms with Gasteiger partial charge in [0.2, 0.25) is 0 Å². The van der Waals surface area contributed by atoms with E-state index in [1.54, 1.807) is 0 Å². The van der Waals surface area contributed by atoms with Crippen LogP contribution in [0.3, 0.4) is 0 Å². The molecule has 0 saturated heterocycles. The lowest BCUT2D eigenvalue weighted by molar-refractivity contribution is 1.18. The predicted octanol–water partition coefficient (Wildman–Crippen LogP) is 14.0. The van der Waals surface area contributed by atoms with Gasteiger partial charge >= 0.3 is 0 Å². The van der Waals surface area contributed by atoms with Crippen molar-refractivity contribution in [2.45, 2.75) is 0 Å². The third-order valence-electron chi connectivity index (χ3n) is 11.1. The van der Waals surface area contributed by atoms with Crippen LogP contribution in [0.1, 0.15) is 0 Å². The van der Waals surface area contributed by atoms with Gasteiger partial charge in [-0.1, -0.05) is 146 Å². The van der Waals surface area contributed by atoms with E-state index in [9.17, 15) is 0 Å². The van der Waals surface area contributed by atoms with E-state index in [1.165, 1.54) is 93.5 Å². The van der Waals surface area contributed by atoms with Crippen molar-refractivity contribution in [3.05, 3.63) is 206 Å². The maximum atomic E-state index is 2.42. The molecule has 11 aromatic rings. The summed E-state index contributed by atoms with van der Waals surface area (Å²) in [6, 6.07) is 75.2. The fourth-order valence-corrected chi connectivity index (χ4v) is 8.56. The molecule has 11 rings (SSSR count). The molecule has 2 aromatic heterocycles. The molecule has 2 heterocycles. The number of rotatable bonds is 5. The zero-order valence-corrected chi connectivity index (χ0v) is 29.5. The topological polar surface area (TPSA) is 9.86 Å². The largest absolute Gasteiger partial charge is 0.309 e. The van der Waals surface area contributed by atoms with Crippen LogP contribution in [-0.2, 0) is 0 Å². The van der Waals surface area contributed by atoms with Crippen molar-refractivity contribution in [3.8, 4) is 44.8 Å². The summed E-state index contributed by atoms with van der Waals surface area (Å²) in [5.74, 6) is 0. The lowest BCUT2D eigenvalue weighted by Crippen LogP contribution is -1.93. The first-order chi connectivity index (χ1) is 26.8. The number of aromatic nitrogens is 2. The second kappa shape index (κ2) is 12.2. The molecule has 0 N–H and O–H groups in total. The molecule has 0 fully saturated rings. The van der Waals surface area contributed by atoms with Gasteiger partial charge in [-0.05, 0) is 105 Å². The number of hydrogen-bond donors (Lipinski definition) is 0. The van der Waals surface area contributed by atoms with E-state index < -0.39 is 0 Å². The molecule has 0 amide bonds. The molecule has 0 spiro atoms. The molecule has 0 radical (unpaired) electrons. The smallest absolute Gasteiger partial charge is 0.0547 e. The Morgan fingerprint density at radius 3 is 1.41 bits per heavy atom. The Balaban J connectivity index is 1.05. The Kier molecular flexibility index (Phi) is 6.90. The molecule has 2 nitrogen and oxygen atoms in total. The van der Waals surface area contributed by atoms with Gasteiger partial charge in [-0.25, -0.2) is 0 Å². The standard InChI is InChI=1S/C52H34N2/c1-3-14-41(15-4-1)53-49-21-10-9-19-45(49)47-33-39(28-31-50(47)53)40-26-29-46-48-32-38(27-30-51(48)54(52(46)34-40)42-16-5-2-6-17-42)35-22-24-37(25-23-35)44-20-11-13-36-12-7-8-18-43(36)44/h1-34H. The number of hydrogen-bond acceptors (Lipinski definition) is 0. The lowest BCUT2D eigenvalue weighted by atomic mass is 9.95. The molecule has 0 atom stereocenters. The van der Waals surface area contributed by atoms with Crippen molar-refractivity contribution in [1.29, 1.82) is 0 Å². The highest BCUT2D eigenvalue weighted by Crippen LogP contribution is 2.40. The summed E-state index contributed by atoms with van der Waals surface area (Å²) in [5.41, 5.74) is 14.5. The van der Waals surface area contributed by atoms with Gasteiger partial charge in [0.25, 0.3) is 0 Å². The number of fused-ring (bicyclic) bond motifs is 7. The van der Waals surface area contributed by atoms with E-state index >= 15 is 0 Å². The van der Waals surface area contributed by atoms with E-state index in [0.29, 0.717) is 0 Å². The summed E-state index contributed by atoms with van der Waals surface area (Å²) in [5, 5.41) is 7.55. The van der Waals surface area contributed by atoms with E-state index in [2.05, 4.69) is 215 Å². The second-order valence-corrected chi connectivity index (χ2v) is 14.2. The van der Waals surface area contributed by atoms with Gasteiger partial charge in [-0.2, -0.15) is 0 Å². The quantitative estimate of drug-likeness (QED) is 0.171. The van der Waals surface area contributed by atoms with Gasteiger partial charge in [-0.15, -0.1) is 0 Å². The first-order valence-corrected chi connectivity index (χ1v) is 18.6. The van der Waals surface area contributed by atoms with E-state index in [1.807, 2.05) is 0 Å². The van der Waals surface area contributed by atoms with Crippen molar-refractivity contribution in [2.24, 2.45) is 0 Å². The van der Waals surface area contributed by atoms with Crippen LogP contribution >= 0.6 is 0 Å². The Bertz CT molecular complexity index is 3180. The Labute approximate surface area is 313 Å². The number of nitrogens with zero attached hydrogens (tertiary/aromatic N) is 2. The van der Waals surface area contributed by atoms with Crippen LogP contribution in [0.15, 0.2) is 206 Å². The maximum absolute atomic E-state index is 2.42. The number of para-hydroxylation sites is 3. The molecule has 252 valence electrons. The van der Waals surface area contributed by atoms with Gasteiger partial charge < -0.3 is 9.13 Å². The molecule has 0 aliphatic rings. The van der Waals surface area contributed by atoms with Crippen LogP contribution in [0.25, 0.3) is 99.1 Å². The highest BCUT2D eigenvalue weighted by Gasteiger charge is 2.17. The monoisotopic (exact) mass is 686 g/mol. The normalized spacial score (nSPS) is 11.7. The number of benzene rings is 9. The molecule has 0 aliphatic carbocycles. The maximum Gasteiger partial charge on any atom is 0.0547 e. The molecule has 0 aliphatic heterocycles. The van der Waals surface area contributed by atoms with Gasteiger partial charge in [-0.3, -0.25) is 0 Å². The van der Waals surface area contributed by atoms with Crippen LogP contribution < -0.4 is 0 Å². The van der Waals surface area contributed by atoms with Gasteiger partial charge in [0.15, 0.2) is 0 Å². The molecule has 0 unspecified atom stereocenters. The van der Waals surface area contributed by atoms with Gasteiger partial charge in [0, 0.05) is 32.9 Å². The zero-order valence-electron chi connectivity index (χ0n) is 29.5. The van der Waals surface area contributed by atoms with Crippen LogP contribution in [0.4, 0.5) is 0 Å². The van der Waals surface area contributed by atoms with E-state index in [4.69, 9.17) is 0 Å². The molecule has 9 aromatic carbocycles. The van der Waals surface area contributed by atoms with Crippen molar-refractivity contribution < 1.29 is 0 Å². The zero-order chi connectivity index (χ0) is 35.6. The fraction of sp³-hybridized carbons (Fsp3) is 0. The van der Waals surface area contributed by atoms with Gasteiger partial charge in [0.05, 0.1) is 22.1 Å². The fourth-order valence-electron chi connectivity index (χ4n) is 8.56. The summed E-state index contributed by atoms with van der Waals surface area (Å²) in [4.78, 5) is 0. The highest BCUT2D eigenvalue weighted by molar-refractivity contribution is 6.13. The van der Waals surface area contributed by atoms with E-state index in [0.717, 1.165) is 5.69 Å². The predicted molar refractivity (Wildman–Crippen MR) is 229 cm³/mol. The first-order valence-electron chi connectivity index (χ1n) is 18.6. The first kappa shape index (κ1) is 30.5. The third kappa shape index (κ3) is 4.81. The summed E-state index contributed by atoms with van der Waals surface area (Å²) < 4.78 is 4.79. The molecular weight excluding hydrogens is 653 g/mol. The van der Waals surface area contributed by atoms with Crippen molar-refractivity contribution in [2.75, 3.05) is 0 Å². The highest BCUT2D eigenvalue weighted by atomic mass is 15.0. The van der Waals surface area contributed by atoms with E-state index in [-0.39, 0.29) is 0 Å². The summed E-state index contributed by atoms with van der Waals surface area (Å²) in [6.45, 7) is 0. The minimum absolute atomic E-state index is 1.16. The third-order valence-corrected chi connectivity index (χ3v) is 11.1. The molecular formula is C52H34N2. The van der Waals surface area contributed by atoms with Crippen LogP contribution in [-0.4, -0.2) is 9.13 Å². The van der Waals surface area contributed by atoms with Crippen molar-refractivity contribution in [1.82, 2.24) is 9.13 Å². The Morgan fingerprint density at radius 2 is 0.704 bits per heavy atom. The summed E-state index contributed by atoms with van der Waals surface area (Å²) in [6.07, 6.45) is 0. The Morgan fingerprint density at radius 1 is 0.241 bits per heavy atom. The molecule has 54 heavy (non-hydrogen) atoms. The van der Waals surface area contributed by atoms with Crippen LogP contribution in [0.2, 0.25) is 0 Å². The minimum atomic E-state index is 1.16. The summed E-state index contributed by atoms with van der Waals surface area (Å²) in [7, 11) is 0. The average molecular weight is 687 g/mol. The van der Waals surface area contributed by atoms with Crippen molar-refractivity contribution in [3.63, 3.8) is 0 Å². The molecule has 2 heteroatoms. The van der Waals surface area contributed by atoms with Crippen LogP contribution in [0, 0.1) is 0 Å².